The lowest BCUT2D eigenvalue weighted by atomic mass is 10.2. The first-order valence-electron chi connectivity index (χ1n) is 5.09. The summed E-state index contributed by atoms with van der Waals surface area (Å²) in [5, 5.41) is 3.88. The molecule has 2 aromatic rings. The van der Waals surface area contributed by atoms with Gasteiger partial charge in [0.1, 0.15) is 0 Å². The van der Waals surface area contributed by atoms with Crippen LogP contribution < -0.4 is 5.32 Å². The largest absolute Gasteiger partial charge is 0.321 e. The number of rotatable bonds is 2. The molecule has 0 radical (unpaired) electrons. The Balaban J connectivity index is 2.24. The van der Waals surface area contributed by atoms with Crippen LogP contribution in [0.2, 0.25) is 15.1 Å². The molecule has 0 saturated carbocycles. The Morgan fingerprint density at radius 1 is 1.00 bits per heavy atom. The summed E-state index contributed by atoms with van der Waals surface area (Å²) in [4.78, 5) is 12.0. The summed E-state index contributed by atoms with van der Waals surface area (Å²) in [7, 11) is 0. The molecule has 0 atom stereocenters. The highest BCUT2D eigenvalue weighted by atomic mass is 35.5. The van der Waals surface area contributed by atoms with Crippen LogP contribution in [-0.4, -0.2) is 5.91 Å². The number of benzene rings is 2. The van der Waals surface area contributed by atoms with Gasteiger partial charge in [0, 0.05) is 10.6 Å². The SMILES string of the molecule is O=C(Nc1cccc(Cl)c1Cl)c1cccc(Cl)c1. The van der Waals surface area contributed by atoms with Crippen LogP contribution in [0.1, 0.15) is 10.4 Å². The number of carbonyl (C=O) groups excluding carboxylic acids is 1. The molecule has 0 aromatic heterocycles. The lowest BCUT2D eigenvalue weighted by molar-refractivity contribution is 0.102. The zero-order chi connectivity index (χ0) is 13.1. The van der Waals surface area contributed by atoms with E-state index in [1.807, 2.05) is 0 Å². The highest BCUT2D eigenvalue weighted by Gasteiger charge is 2.10. The molecule has 0 spiro atoms. The van der Waals surface area contributed by atoms with Crippen molar-refractivity contribution < 1.29 is 4.79 Å². The summed E-state index contributed by atoms with van der Waals surface area (Å²) in [5.41, 5.74) is 0.924. The van der Waals surface area contributed by atoms with E-state index < -0.39 is 0 Å². The smallest absolute Gasteiger partial charge is 0.255 e. The van der Waals surface area contributed by atoms with Crippen LogP contribution in [0, 0.1) is 0 Å². The molecule has 0 bridgehead atoms. The molecule has 92 valence electrons. The second-order valence-electron chi connectivity index (χ2n) is 3.57. The molecule has 18 heavy (non-hydrogen) atoms. The van der Waals surface area contributed by atoms with Crippen LogP contribution >= 0.6 is 34.8 Å². The summed E-state index contributed by atoms with van der Waals surface area (Å²) in [6.07, 6.45) is 0. The summed E-state index contributed by atoms with van der Waals surface area (Å²) < 4.78 is 0. The van der Waals surface area contributed by atoms with E-state index in [1.54, 1.807) is 42.5 Å². The molecular weight excluding hydrogens is 293 g/mol. The average Bonchev–Trinajstić information content (AvgIpc) is 2.35. The summed E-state index contributed by atoms with van der Waals surface area (Å²) in [5.74, 6) is -0.290. The van der Waals surface area contributed by atoms with Crippen molar-refractivity contribution in [3.8, 4) is 0 Å². The van der Waals surface area contributed by atoms with E-state index in [2.05, 4.69) is 5.32 Å². The number of hydrogen-bond donors (Lipinski definition) is 1. The molecule has 5 heteroatoms. The fraction of sp³-hybridized carbons (Fsp3) is 0. The highest BCUT2D eigenvalue weighted by molar-refractivity contribution is 6.44. The molecule has 2 rings (SSSR count). The fourth-order valence-electron chi connectivity index (χ4n) is 1.42. The van der Waals surface area contributed by atoms with E-state index in [4.69, 9.17) is 34.8 Å². The minimum atomic E-state index is -0.290. The van der Waals surface area contributed by atoms with Gasteiger partial charge in [-0.1, -0.05) is 46.9 Å². The van der Waals surface area contributed by atoms with Crippen LogP contribution in [0.15, 0.2) is 42.5 Å². The van der Waals surface area contributed by atoms with E-state index in [9.17, 15) is 4.79 Å². The first-order valence-corrected chi connectivity index (χ1v) is 6.22. The van der Waals surface area contributed by atoms with Crippen LogP contribution in [0.5, 0.6) is 0 Å². The van der Waals surface area contributed by atoms with Gasteiger partial charge in [0.25, 0.3) is 5.91 Å². The molecule has 0 heterocycles. The zero-order valence-corrected chi connectivity index (χ0v) is 11.4. The van der Waals surface area contributed by atoms with Crippen molar-refractivity contribution >= 4 is 46.4 Å². The Labute approximate surface area is 119 Å². The Morgan fingerprint density at radius 2 is 1.72 bits per heavy atom. The van der Waals surface area contributed by atoms with E-state index in [-0.39, 0.29) is 5.91 Å². The third-order valence-electron chi connectivity index (χ3n) is 2.29. The van der Waals surface area contributed by atoms with Gasteiger partial charge in [0.05, 0.1) is 15.7 Å². The van der Waals surface area contributed by atoms with Gasteiger partial charge in [0.2, 0.25) is 0 Å². The summed E-state index contributed by atoms with van der Waals surface area (Å²) >= 11 is 17.7. The van der Waals surface area contributed by atoms with Gasteiger partial charge in [-0.15, -0.1) is 0 Å². The van der Waals surface area contributed by atoms with Crippen LogP contribution in [0.25, 0.3) is 0 Å². The van der Waals surface area contributed by atoms with Gasteiger partial charge in [0.15, 0.2) is 0 Å². The van der Waals surface area contributed by atoms with E-state index >= 15 is 0 Å². The quantitative estimate of drug-likeness (QED) is 0.840. The van der Waals surface area contributed by atoms with Crippen molar-refractivity contribution in [3.05, 3.63) is 63.1 Å². The van der Waals surface area contributed by atoms with Gasteiger partial charge in [-0.05, 0) is 30.3 Å². The second-order valence-corrected chi connectivity index (χ2v) is 4.79. The van der Waals surface area contributed by atoms with Crippen molar-refractivity contribution in [1.82, 2.24) is 0 Å². The maximum Gasteiger partial charge on any atom is 0.255 e. The molecule has 1 amide bonds. The van der Waals surface area contributed by atoms with Crippen molar-refractivity contribution in [3.63, 3.8) is 0 Å². The van der Waals surface area contributed by atoms with Crippen molar-refractivity contribution in [1.29, 1.82) is 0 Å². The molecular formula is C13H8Cl3NO. The average molecular weight is 301 g/mol. The van der Waals surface area contributed by atoms with E-state index in [1.165, 1.54) is 0 Å². The van der Waals surface area contributed by atoms with Gasteiger partial charge < -0.3 is 5.32 Å². The lowest BCUT2D eigenvalue weighted by Gasteiger charge is -2.08. The van der Waals surface area contributed by atoms with Gasteiger partial charge in [-0.2, -0.15) is 0 Å². The molecule has 0 fully saturated rings. The number of nitrogens with one attached hydrogen (secondary N) is 1. The van der Waals surface area contributed by atoms with Crippen LogP contribution in [-0.2, 0) is 0 Å². The van der Waals surface area contributed by atoms with Crippen molar-refractivity contribution in [2.24, 2.45) is 0 Å². The third kappa shape index (κ3) is 2.96. The molecule has 2 aromatic carbocycles. The molecule has 0 saturated heterocycles. The van der Waals surface area contributed by atoms with E-state index in [0.29, 0.717) is 26.3 Å². The standard InChI is InChI=1S/C13H8Cl3NO/c14-9-4-1-3-8(7-9)13(18)17-11-6-2-5-10(15)12(11)16/h1-7H,(H,17,18). The minimum absolute atomic E-state index is 0.290. The predicted molar refractivity (Wildman–Crippen MR) is 75.9 cm³/mol. The van der Waals surface area contributed by atoms with Gasteiger partial charge in [-0.3, -0.25) is 4.79 Å². The number of hydrogen-bond acceptors (Lipinski definition) is 1. The summed E-state index contributed by atoms with van der Waals surface area (Å²) in [6, 6.07) is 11.7. The van der Waals surface area contributed by atoms with Crippen LogP contribution in [0.4, 0.5) is 5.69 Å². The Hall–Kier alpha value is -1.22. The maximum absolute atomic E-state index is 12.0. The van der Waals surface area contributed by atoms with Gasteiger partial charge >= 0.3 is 0 Å². The first kappa shape index (κ1) is 13.2. The van der Waals surface area contributed by atoms with Crippen molar-refractivity contribution in [2.45, 2.75) is 0 Å². The van der Waals surface area contributed by atoms with E-state index in [0.717, 1.165) is 0 Å². The van der Waals surface area contributed by atoms with Gasteiger partial charge in [-0.25, -0.2) is 0 Å². The Bertz CT molecular complexity index is 599. The monoisotopic (exact) mass is 299 g/mol. The minimum Gasteiger partial charge on any atom is -0.321 e. The lowest BCUT2D eigenvalue weighted by Crippen LogP contribution is -2.12. The molecule has 1 N–H and O–H groups in total. The number of halogens is 3. The second kappa shape index (κ2) is 5.61. The summed E-state index contributed by atoms with van der Waals surface area (Å²) in [6.45, 7) is 0. The highest BCUT2D eigenvalue weighted by Crippen LogP contribution is 2.29. The zero-order valence-electron chi connectivity index (χ0n) is 9.08. The number of carbonyl (C=O) groups is 1. The predicted octanol–water partition coefficient (Wildman–Crippen LogP) is 4.90. The molecule has 0 aliphatic carbocycles. The Kier molecular flexibility index (Phi) is 4.12. The molecule has 0 unspecified atom stereocenters. The molecule has 0 aliphatic heterocycles. The molecule has 2 nitrogen and oxygen atoms in total. The normalized spacial score (nSPS) is 10.2. The topological polar surface area (TPSA) is 29.1 Å². The fourth-order valence-corrected chi connectivity index (χ4v) is 1.96. The number of anilines is 1. The first-order chi connectivity index (χ1) is 8.58. The number of amides is 1. The third-order valence-corrected chi connectivity index (χ3v) is 3.34. The maximum atomic E-state index is 12.0. The molecule has 0 aliphatic rings. The van der Waals surface area contributed by atoms with Crippen molar-refractivity contribution in [2.75, 3.05) is 5.32 Å². The van der Waals surface area contributed by atoms with Crippen LogP contribution in [0.3, 0.4) is 0 Å². The Morgan fingerprint density at radius 3 is 2.44 bits per heavy atom.